The Kier molecular flexibility index (Phi) is 3.56. The molecule has 4 heterocycles. The molecule has 4 heteroatoms. The van der Waals surface area contributed by atoms with Gasteiger partial charge < -0.3 is 14.8 Å². The number of rotatable bonds is 0. The molecule has 2 fully saturated rings. The molecule has 0 atom stereocenters. The summed E-state index contributed by atoms with van der Waals surface area (Å²) in [6.07, 6.45) is 3.97. The van der Waals surface area contributed by atoms with Crippen molar-refractivity contribution < 1.29 is 9.47 Å². The van der Waals surface area contributed by atoms with Gasteiger partial charge in [-0.1, -0.05) is 13.8 Å². The molecule has 0 radical (unpaired) electrons. The van der Waals surface area contributed by atoms with Crippen molar-refractivity contribution in [3.05, 3.63) is 29.1 Å². The van der Waals surface area contributed by atoms with Gasteiger partial charge in [-0.3, -0.25) is 4.98 Å². The van der Waals surface area contributed by atoms with Crippen molar-refractivity contribution in [3.8, 4) is 0 Å². The summed E-state index contributed by atoms with van der Waals surface area (Å²) < 4.78 is 11.9. The number of piperidine rings is 1. The molecule has 0 aromatic carbocycles. The van der Waals surface area contributed by atoms with E-state index >= 15 is 0 Å². The second kappa shape index (κ2) is 5.10. The van der Waals surface area contributed by atoms with Crippen molar-refractivity contribution in [2.45, 2.75) is 44.8 Å². The standard InChI is InChI=1S/C14H18N2O2.C2H6/c1-10-2-5-16-12-11(10)13(3-6-15-7-4-13)18-14(12)8-17-9-14;1-2/h2,5,15H,3-4,6-9H2,1H3;1-2H3. The molecular formula is C16H24N2O2. The topological polar surface area (TPSA) is 43.4 Å². The van der Waals surface area contributed by atoms with E-state index in [9.17, 15) is 0 Å². The van der Waals surface area contributed by atoms with Crippen molar-refractivity contribution in [1.29, 1.82) is 0 Å². The van der Waals surface area contributed by atoms with Crippen molar-refractivity contribution in [2.75, 3.05) is 26.3 Å². The van der Waals surface area contributed by atoms with Crippen LogP contribution in [0.1, 0.15) is 43.5 Å². The Morgan fingerprint density at radius 3 is 2.45 bits per heavy atom. The van der Waals surface area contributed by atoms with Gasteiger partial charge in [-0.15, -0.1) is 0 Å². The number of nitrogens with zero attached hydrogens (tertiary/aromatic N) is 1. The molecule has 0 saturated carbocycles. The summed E-state index contributed by atoms with van der Waals surface area (Å²) in [4.78, 5) is 4.62. The molecule has 2 spiro atoms. The maximum atomic E-state index is 6.54. The largest absolute Gasteiger partial charge is 0.374 e. The van der Waals surface area contributed by atoms with Gasteiger partial charge in [0.15, 0.2) is 5.60 Å². The predicted octanol–water partition coefficient (Wildman–Crippen LogP) is 2.25. The van der Waals surface area contributed by atoms with E-state index in [1.807, 2.05) is 20.0 Å². The zero-order valence-electron chi connectivity index (χ0n) is 12.7. The number of aryl methyl sites for hydroxylation is 1. The first-order valence-electron chi connectivity index (χ1n) is 7.71. The third-order valence-electron chi connectivity index (χ3n) is 4.52. The van der Waals surface area contributed by atoms with Gasteiger partial charge in [0.25, 0.3) is 0 Å². The lowest BCUT2D eigenvalue weighted by atomic mass is 9.82. The summed E-state index contributed by atoms with van der Waals surface area (Å²) in [7, 11) is 0. The van der Waals surface area contributed by atoms with Crippen LogP contribution in [0.5, 0.6) is 0 Å². The SMILES string of the molecule is CC.Cc1ccnc2c1C1(CCNCC1)OC21COC1. The molecule has 3 aliphatic rings. The van der Waals surface area contributed by atoms with Crippen molar-refractivity contribution >= 4 is 0 Å². The minimum absolute atomic E-state index is 0.122. The summed E-state index contributed by atoms with van der Waals surface area (Å²) in [5.74, 6) is 0. The number of hydrogen-bond donors (Lipinski definition) is 1. The van der Waals surface area contributed by atoms with E-state index in [1.54, 1.807) is 0 Å². The van der Waals surface area contributed by atoms with E-state index < -0.39 is 0 Å². The summed E-state index contributed by atoms with van der Waals surface area (Å²) in [6.45, 7) is 9.53. The zero-order chi connectivity index (χ0) is 14.2. The average Bonchev–Trinajstić information content (AvgIpc) is 2.74. The van der Waals surface area contributed by atoms with E-state index in [2.05, 4.69) is 23.3 Å². The predicted molar refractivity (Wildman–Crippen MR) is 77.7 cm³/mol. The first kappa shape index (κ1) is 14.0. The quantitative estimate of drug-likeness (QED) is 0.789. The van der Waals surface area contributed by atoms with Crippen LogP contribution in [-0.2, 0) is 20.7 Å². The van der Waals surface area contributed by atoms with Gasteiger partial charge in [-0.2, -0.15) is 0 Å². The molecule has 0 bridgehead atoms. The van der Waals surface area contributed by atoms with Crippen LogP contribution >= 0.6 is 0 Å². The van der Waals surface area contributed by atoms with E-state index in [0.29, 0.717) is 13.2 Å². The summed E-state index contributed by atoms with van der Waals surface area (Å²) in [6, 6.07) is 2.10. The minimum atomic E-state index is -0.251. The molecule has 4 rings (SSSR count). The van der Waals surface area contributed by atoms with Crippen molar-refractivity contribution in [2.24, 2.45) is 0 Å². The van der Waals surface area contributed by atoms with Gasteiger partial charge in [-0.25, -0.2) is 0 Å². The van der Waals surface area contributed by atoms with Crippen LogP contribution in [0.4, 0.5) is 0 Å². The Labute approximate surface area is 120 Å². The third-order valence-corrected chi connectivity index (χ3v) is 4.52. The first-order valence-corrected chi connectivity index (χ1v) is 7.71. The monoisotopic (exact) mass is 276 g/mol. The maximum Gasteiger partial charge on any atom is 0.158 e. The highest BCUT2D eigenvalue weighted by molar-refractivity contribution is 5.43. The minimum Gasteiger partial charge on any atom is -0.374 e. The smallest absolute Gasteiger partial charge is 0.158 e. The molecule has 4 nitrogen and oxygen atoms in total. The fourth-order valence-electron chi connectivity index (χ4n) is 3.62. The zero-order valence-corrected chi connectivity index (χ0v) is 12.7. The van der Waals surface area contributed by atoms with Gasteiger partial charge >= 0.3 is 0 Å². The Morgan fingerprint density at radius 2 is 1.85 bits per heavy atom. The highest BCUT2D eigenvalue weighted by atomic mass is 16.6. The average molecular weight is 276 g/mol. The maximum absolute atomic E-state index is 6.54. The van der Waals surface area contributed by atoms with Crippen LogP contribution in [0.2, 0.25) is 0 Å². The molecule has 110 valence electrons. The second-order valence-corrected chi connectivity index (χ2v) is 5.68. The van der Waals surface area contributed by atoms with Crippen molar-refractivity contribution in [3.63, 3.8) is 0 Å². The number of pyridine rings is 1. The molecule has 0 amide bonds. The molecule has 20 heavy (non-hydrogen) atoms. The second-order valence-electron chi connectivity index (χ2n) is 5.68. The van der Waals surface area contributed by atoms with E-state index in [-0.39, 0.29) is 11.2 Å². The summed E-state index contributed by atoms with van der Waals surface area (Å²) >= 11 is 0. The Bertz CT molecular complexity index is 491. The van der Waals surface area contributed by atoms with Crippen LogP contribution in [0.3, 0.4) is 0 Å². The van der Waals surface area contributed by atoms with Crippen LogP contribution in [0.15, 0.2) is 12.3 Å². The van der Waals surface area contributed by atoms with Crippen LogP contribution in [0.25, 0.3) is 0 Å². The first-order chi connectivity index (χ1) is 9.76. The Morgan fingerprint density at radius 1 is 1.15 bits per heavy atom. The summed E-state index contributed by atoms with van der Waals surface area (Å²) in [5.41, 5.74) is 3.41. The fourth-order valence-corrected chi connectivity index (χ4v) is 3.62. The van der Waals surface area contributed by atoms with Gasteiger partial charge in [0.05, 0.1) is 24.5 Å². The molecular weight excluding hydrogens is 252 g/mol. The molecule has 0 aliphatic carbocycles. The molecule has 1 aromatic rings. The van der Waals surface area contributed by atoms with E-state index in [4.69, 9.17) is 9.47 Å². The highest BCUT2D eigenvalue weighted by Crippen LogP contribution is 2.54. The number of ether oxygens (including phenoxy) is 2. The normalized spacial score (nSPS) is 24.8. The van der Waals surface area contributed by atoms with Gasteiger partial charge in [-0.05, 0) is 44.5 Å². The van der Waals surface area contributed by atoms with Gasteiger partial charge in [0.2, 0.25) is 0 Å². The molecule has 3 aliphatic heterocycles. The van der Waals surface area contributed by atoms with Gasteiger partial charge in [0, 0.05) is 11.8 Å². The number of nitrogens with one attached hydrogen (secondary N) is 1. The Balaban J connectivity index is 0.000000581. The van der Waals surface area contributed by atoms with Crippen LogP contribution in [-0.4, -0.2) is 31.3 Å². The highest BCUT2D eigenvalue weighted by Gasteiger charge is 2.58. The fraction of sp³-hybridized carbons (Fsp3) is 0.688. The Hall–Kier alpha value is -0.970. The number of fused-ring (bicyclic) bond motifs is 3. The lowest BCUT2D eigenvalue weighted by Crippen LogP contribution is -2.50. The van der Waals surface area contributed by atoms with Crippen LogP contribution < -0.4 is 5.32 Å². The lowest BCUT2D eigenvalue weighted by Gasteiger charge is -2.42. The third kappa shape index (κ3) is 1.82. The number of hydrogen-bond acceptors (Lipinski definition) is 4. The van der Waals surface area contributed by atoms with Gasteiger partial charge in [0.1, 0.15) is 0 Å². The lowest BCUT2D eigenvalue weighted by molar-refractivity contribution is -0.261. The summed E-state index contributed by atoms with van der Waals surface area (Å²) in [5, 5.41) is 3.42. The van der Waals surface area contributed by atoms with Crippen molar-refractivity contribution in [1.82, 2.24) is 10.3 Å². The molecule has 1 N–H and O–H groups in total. The molecule has 2 saturated heterocycles. The van der Waals surface area contributed by atoms with Crippen LogP contribution in [0, 0.1) is 6.92 Å². The van der Waals surface area contributed by atoms with E-state index in [0.717, 1.165) is 31.6 Å². The molecule has 1 aromatic heterocycles. The number of aromatic nitrogens is 1. The molecule has 0 unspecified atom stereocenters. The van der Waals surface area contributed by atoms with E-state index in [1.165, 1.54) is 11.1 Å².